The van der Waals surface area contributed by atoms with Gasteiger partial charge in [-0.25, -0.2) is 0 Å². The van der Waals surface area contributed by atoms with E-state index < -0.39 is 4.92 Å². The lowest BCUT2D eigenvalue weighted by molar-refractivity contribution is -0.386. The highest BCUT2D eigenvalue weighted by Crippen LogP contribution is 2.22. The van der Waals surface area contributed by atoms with E-state index in [1.165, 1.54) is 6.20 Å². The quantitative estimate of drug-likeness (QED) is 0.483. The van der Waals surface area contributed by atoms with Crippen molar-refractivity contribution in [3.8, 4) is 0 Å². The fourth-order valence-electron chi connectivity index (χ4n) is 2.94. The van der Waals surface area contributed by atoms with Gasteiger partial charge >= 0.3 is 5.69 Å². The monoisotopic (exact) mass is 402 g/mol. The summed E-state index contributed by atoms with van der Waals surface area (Å²) in [4.78, 5) is 23.1. The molecule has 0 aliphatic carbocycles. The zero-order valence-corrected chi connectivity index (χ0v) is 16.2. The third-order valence-corrected chi connectivity index (χ3v) is 4.47. The van der Waals surface area contributed by atoms with Gasteiger partial charge in [0.2, 0.25) is 0 Å². The number of nitro groups is 1. The number of amides is 1. The van der Waals surface area contributed by atoms with Crippen molar-refractivity contribution in [1.29, 1.82) is 0 Å². The molecule has 0 bridgehead atoms. The van der Waals surface area contributed by atoms with Crippen molar-refractivity contribution < 1.29 is 9.72 Å². The Hall–Kier alpha value is -3.20. The van der Waals surface area contributed by atoms with Crippen LogP contribution >= 0.6 is 11.6 Å². The number of hydrogen-bond donors (Lipinski definition) is 1. The summed E-state index contributed by atoms with van der Waals surface area (Å²) in [6.45, 7) is 4.53. The maximum absolute atomic E-state index is 12.4. The van der Waals surface area contributed by atoms with Gasteiger partial charge in [0, 0.05) is 18.3 Å². The number of aromatic nitrogens is 4. The van der Waals surface area contributed by atoms with Crippen LogP contribution in [0, 0.1) is 24.0 Å². The molecule has 10 heteroatoms. The predicted octanol–water partition coefficient (Wildman–Crippen LogP) is 2.74. The molecule has 1 aromatic carbocycles. The molecule has 0 aliphatic heterocycles. The van der Waals surface area contributed by atoms with Crippen molar-refractivity contribution >= 4 is 23.2 Å². The van der Waals surface area contributed by atoms with Crippen molar-refractivity contribution in [2.75, 3.05) is 6.54 Å². The first kappa shape index (κ1) is 19.6. The predicted molar refractivity (Wildman–Crippen MR) is 103 cm³/mol. The average molecular weight is 403 g/mol. The molecule has 0 unspecified atom stereocenters. The van der Waals surface area contributed by atoms with Gasteiger partial charge in [-0.15, -0.1) is 0 Å². The molecule has 0 saturated heterocycles. The Morgan fingerprint density at radius 3 is 2.79 bits per heavy atom. The Labute approximate surface area is 166 Å². The Kier molecular flexibility index (Phi) is 5.74. The Morgan fingerprint density at radius 1 is 1.36 bits per heavy atom. The fourth-order valence-corrected chi connectivity index (χ4v) is 3.09. The maximum Gasteiger partial charge on any atom is 0.312 e. The van der Waals surface area contributed by atoms with E-state index >= 15 is 0 Å². The van der Waals surface area contributed by atoms with Crippen molar-refractivity contribution in [3.63, 3.8) is 0 Å². The topological polar surface area (TPSA) is 108 Å². The lowest BCUT2D eigenvalue weighted by Crippen LogP contribution is -2.27. The van der Waals surface area contributed by atoms with E-state index in [9.17, 15) is 14.9 Å². The molecule has 1 N–H and O–H groups in total. The number of aryl methyl sites for hydroxylation is 1. The van der Waals surface area contributed by atoms with E-state index in [1.807, 2.05) is 6.07 Å². The number of carbonyl (C=O) groups excluding carboxylic acids is 1. The van der Waals surface area contributed by atoms with E-state index in [4.69, 9.17) is 11.6 Å². The lowest BCUT2D eigenvalue weighted by Gasteiger charge is -2.08. The molecule has 0 spiro atoms. The van der Waals surface area contributed by atoms with Gasteiger partial charge in [-0.3, -0.25) is 24.3 Å². The first-order chi connectivity index (χ1) is 13.3. The molecule has 0 radical (unpaired) electrons. The third kappa shape index (κ3) is 4.37. The molecule has 3 rings (SSSR count). The lowest BCUT2D eigenvalue weighted by atomic mass is 10.1. The molecule has 9 nitrogen and oxygen atoms in total. The summed E-state index contributed by atoms with van der Waals surface area (Å²) < 4.78 is 3.22. The molecule has 28 heavy (non-hydrogen) atoms. The van der Waals surface area contributed by atoms with Crippen LogP contribution in [0.25, 0.3) is 0 Å². The van der Waals surface area contributed by atoms with Crippen molar-refractivity contribution in [3.05, 3.63) is 74.3 Å². The van der Waals surface area contributed by atoms with Crippen LogP contribution in [0.5, 0.6) is 0 Å². The molecule has 3 aromatic rings. The first-order valence-corrected chi connectivity index (χ1v) is 8.96. The van der Waals surface area contributed by atoms with E-state index in [-0.39, 0.29) is 11.6 Å². The molecule has 2 heterocycles. The van der Waals surface area contributed by atoms with Gasteiger partial charge in [0.1, 0.15) is 11.4 Å². The zero-order valence-electron chi connectivity index (χ0n) is 15.4. The largest absolute Gasteiger partial charge is 0.350 e. The second kappa shape index (κ2) is 8.22. The number of rotatable bonds is 7. The number of hydrogen-bond acceptors (Lipinski definition) is 5. The van der Waals surface area contributed by atoms with Gasteiger partial charge in [-0.1, -0.05) is 23.7 Å². The third-order valence-electron chi connectivity index (χ3n) is 4.28. The molecule has 1 amide bonds. The van der Waals surface area contributed by atoms with Crippen LogP contribution in [0.3, 0.4) is 0 Å². The Balaban J connectivity index is 1.66. The summed E-state index contributed by atoms with van der Waals surface area (Å²) in [5.41, 5.74) is 2.21. The standard InChI is InChI=1S/C18H19ClN6O3/c1-12-17(25(27)28)13(2)24(22-12)10-14-4-3-5-15(8-14)18(26)20-6-7-23-11-16(19)9-21-23/h3-5,8-9,11H,6-7,10H2,1-2H3,(H,20,26). The number of nitrogens with one attached hydrogen (secondary N) is 1. The van der Waals surface area contributed by atoms with Crippen LogP contribution in [-0.4, -0.2) is 36.9 Å². The SMILES string of the molecule is Cc1nn(Cc2cccc(C(=O)NCCn3cc(Cl)cn3)c2)c(C)c1[N+](=O)[O-]. The van der Waals surface area contributed by atoms with Crippen molar-refractivity contribution in [2.24, 2.45) is 0 Å². The summed E-state index contributed by atoms with van der Waals surface area (Å²) in [6, 6.07) is 7.10. The van der Waals surface area contributed by atoms with Gasteiger partial charge in [0.05, 0.1) is 29.2 Å². The minimum absolute atomic E-state index is 0.0209. The molecule has 0 atom stereocenters. The number of carbonyl (C=O) groups is 1. The molecule has 0 saturated carbocycles. The second-order valence-corrected chi connectivity index (χ2v) is 6.75. The fraction of sp³-hybridized carbons (Fsp3) is 0.278. The van der Waals surface area contributed by atoms with Crippen LogP contribution in [0.15, 0.2) is 36.7 Å². The minimum atomic E-state index is -0.426. The molecular weight excluding hydrogens is 384 g/mol. The van der Waals surface area contributed by atoms with Gasteiger partial charge < -0.3 is 5.32 Å². The minimum Gasteiger partial charge on any atom is -0.350 e. The summed E-state index contributed by atoms with van der Waals surface area (Å²) >= 11 is 5.81. The molecular formula is C18H19ClN6O3. The van der Waals surface area contributed by atoms with E-state index in [1.54, 1.807) is 47.6 Å². The van der Waals surface area contributed by atoms with Crippen LogP contribution in [0.2, 0.25) is 5.02 Å². The van der Waals surface area contributed by atoms with E-state index in [2.05, 4.69) is 15.5 Å². The van der Waals surface area contributed by atoms with E-state index in [0.29, 0.717) is 41.6 Å². The molecule has 2 aromatic heterocycles. The van der Waals surface area contributed by atoms with Crippen LogP contribution in [-0.2, 0) is 13.1 Å². The smallest absolute Gasteiger partial charge is 0.312 e. The van der Waals surface area contributed by atoms with Crippen LogP contribution in [0.1, 0.15) is 27.3 Å². The number of nitrogens with zero attached hydrogens (tertiary/aromatic N) is 5. The Bertz CT molecular complexity index is 1030. The summed E-state index contributed by atoms with van der Waals surface area (Å²) in [6.07, 6.45) is 3.22. The molecule has 146 valence electrons. The normalized spacial score (nSPS) is 10.8. The first-order valence-electron chi connectivity index (χ1n) is 8.58. The average Bonchev–Trinajstić information content (AvgIpc) is 3.17. The summed E-state index contributed by atoms with van der Waals surface area (Å²) in [5.74, 6) is -0.209. The molecule has 0 fully saturated rings. The summed E-state index contributed by atoms with van der Waals surface area (Å²) in [7, 11) is 0. The van der Waals surface area contributed by atoms with Gasteiger partial charge in [-0.2, -0.15) is 10.2 Å². The second-order valence-electron chi connectivity index (χ2n) is 6.31. The highest BCUT2D eigenvalue weighted by atomic mass is 35.5. The molecule has 0 aliphatic rings. The van der Waals surface area contributed by atoms with E-state index in [0.717, 1.165) is 5.56 Å². The highest BCUT2D eigenvalue weighted by Gasteiger charge is 2.21. The summed E-state index contributed by atoms with van der Waals surface area (Å²) in [5, 5.41) is 22.8. The van der Waals surface area contributed by atoms with Crippen LogP contribution < -0.4 is 5.32 Å². The maximum atomic E-state index is 12.4. The van der Waals surface area contributed by atoms with Crippen molar-refractivity contribution in [2.45, 2.75) is 26.9 Å². The zero-order chi connectivity index (χ0) is 20.3. The Morgan fingerprint density at radius 2 is 2.14 bits per heavy atom. The van der Waals surface area contributed by atoms with Crippen LogP contribution in [0.4, 0.5) is 5.69 Å². The van der Waals surface area contributed by atoms with Gasteiger partial charge in [0.25, 0.3) is 5.91 Å². The number of halogens is 1. The number of benzene rings is 1. The van der Waals surface area contributed by atoms with Gasteiger partial charge in [0.15, 0.2) is 0 Å². The van der Waals surface area contributed by atoms with Gasteiger partial charge in [-0.05, 0) is 31.5 Å². The van der Waals surface area contributed by atoms with Crippen molar-refractivity contribution in [1.82, 2.24) is 24.9 Å². The highest BCUT2D eigenvalue weighted by molar-refractivity contribution is 6.30.